The maximum Gasteiger partial charge on any atom is 0.123 e. The molecule has 6 rings (SSSR count). The van der Waals surface area contributed by atoms with E-state index in [2.05, 4.69) is 41.7 Å². The zero-order valence-corrected chi connectivity index (χ0v) is 18.6. The van der Waals surface area contributed by atoms with Crippen LogP contribution in [0.25, 0.3) is 26.7 Å². The Balaban J connectivity index is 1.47. The number of hydrogen-bond donors (Lipinski definition) is 1. The van der Waals surface area contributed by atoms with Gasteiger partial charge in [0.25, 0.3) is 0 Å². The smallest absolute Gasteiger partial charge is 0.123 e. The van der Waals surface area contributed by atoms with Crippen LogP contribution in [0.2, 0.25) is 0 Å². The summed E-state index contributed by atoms with van der Waals surface area (Å²) >= 11 is 1.69. The van der Waals surface area contributed by atoms with Gasteiger partial charge in [-0.1, -0.05) is 25.1 Å². The van der Waals surface area contributed by atoms with Gasteiger partial charge in [-0.25, -0.2) is 9.07 Å². The highest BCUT2D eigenvalue weighted by molar-refractivity contribution is 7.17. The fraction of sp³-hybridized carbons (Fsp3) is 0.222. The van der Waals surface area contributed by atoms with Crippen LogP contribution in [0.1, 0.15) is 42.6 Å². The Kier molecular flexibility index (Phi) is 4.46. The second-order valence-electron chi connectivity index (χ2n) is 8.96. The first-order valence-electron chi connectivity index (χ1n) is 11.0. The number of hydrogen-bond acceptors (Lipinski definition) is 3. The number of aromatic nitrogens is 2. The molecular weight excluding hydrogens is 419 g/mol. The highest BCUT2D eigenvalue weighted by Gasteiger charge is 2.40. The Morgan fingerprint density at radius 2 is 1.94 bits per heavy atom. The van der Waals surface area contributed by atoms with Crippen molar-refractivity contribution in [1.29, 1.82) is 0 Å². The van der Waals surface area contributed by atoms with Gasteiger partial charge < -0.3 is 5.11 Å². The van der Waals surface area contributed by atoms with Crippen LogP contribution in [0.3, 0.4) is 0 Å². The van der Waals surface area contributed by atoms with E-state index in [0.29, 0.717) is 0 Å². The van der Waals surface area contributed by atoms with Crippen LogP contribution in [-0.2, 0) is 11.8 Å². The van der Waals surface area contributed by atoms with Gasteiger partial charge in [-0.15, -0.1) is 11.3 Å². The van der Waals surface area contributed by atoms with Gasteiger partial charge >= 0.3 is 0 Å². The highest BCUT2D eigenvalue weighted by Crippen LogP contribution is 2.49. The van der Waals surface area contributed by atoms with E-state index < -0.39 is 6.10 Å². The average Bonchev–Trinajstić information content (AvgIpc) is 3.42. The zero-order chi connectivity index (χ0) is 21.9. The molecule has 3 nitrogen and oxygen atoms in total. The van der Waals surface area contributed by atoms with Crippen LogP contribution in [0, 0.1) is 5.82 Å². The van der Waals surface area contributed by atoms with Gasteiger partial charge in [-0.2, -0.15) is 5.10 Å². The molecule has 2 atom stereocenters. The number of aliphatic hydroxyl groups is 1. The van der Waals surface area contributed by atoms with Crippen molar-refractivity contribution in [3.8, 4) is 5.69 Å². The third kappa shape index (κ3) is 2.92. The molecule has 2 aromatic heterocycles. The van der Waals surface area contributed by atoms with Gasteiger partial charge in [0.15, 0.2) is 0 Å². The molecule has 160 valence electrons. The average molecular weight is 443 g/mol. The number of thiophene rings is 1. The van der Waals surface area contributed by atoms with Crippen molar-refractivity contribution < 1.29 is 9.50 Å². The fourth-order valence-electron chi connectivity index (χ4n) is 5.26. The molecular formula is C27H23FN2OS. The molecule has 1 aliphatic rings. The van der Waals surface area contributed by atoms with Crippen LogP contribution in [0.4, 0.5) is 4.39 Å². The molecule has 1 N–H and O–H groups in total. The fourth-order valence-corrected chi connectivity index (χ4v) is 6.24. The molecule has 0 spiro atoms. The number of aliphatic hydroxyl groups excluding tert-OH is 1. The van der Waals surface area contributed by atoms with Crippen LogP contribution in [-0.4, -0.2) is 14.9 Å². The Bertz CT molecular complexity index is 1450. The van der Waals surface area contributed by atoms with Crippen molar-refractivity contribution in [3.05, 3.63) is 94.7 Å². The second kappa shape index (κ2) is 7.26. The van der Waals surface area contributed by atoms with E-state index in [9.17, 15) is 9.50 Å². The van der Waals surface area contributed by atoms with Crippen molar-refractivity contribution in [2.75, 3.05) is 0 Å². The van der Waals surface area contributed by atoms with E-state index in [4.69, 9.17) is 0 Å². The summed E-state index contributed by atoms with van der Waals surface area (Å²) < 4.78 is 16.5. The molecule has 32 heavy (non-hydrogen) atoms. The minimum atomic E-state index is -0.581. The first kappa shape index (κ1) is 19.6. The van der Waals surface area contributed by atoms with Gasteiger partial charge in [0.2, 0.25) is 0 Å². The summed E-state index contributed by atoms with van der Waals surface area (Å²) in [5.74, 6) is -0.256. The summed E-state index contributed by atoms with van der Waals surface area (Å²) in [7, 11) is 0. The SMILES string of the molecule is C[C@]1([C@@H](O)c2csc3ccccc23)CCCc2cc3c(cnn3-c3ccc(F)cc3)cc21. The van der Waals surface area contributed by atoms with E-state index in [1.807, 2.05) is 23.0 Å². The van der Waals surface area contributed by atoms with E-state index in [0.717, 1.165) is 46.8 Å². The van der Waals surface area contributed by atoms with Gasteiger partial charge in [0.1, 0.15) is 5.82 Å². The molecule has 0 saturated heterocycles. The summed E-state index contributed by atoms with van der Waals surface area (Å²) in [6.45, 7) is 2.19. The van der Waals surface area contributed by atoms with Crippen LogP contribution in [0.5, 0.6) is 0 Å². The summed E-state index contributed by atoms with van der Waals surface area (Å²) in [5, 5.41) is 20.5. The standard InChI is InChI=1S/C27H23FN2OS/c1-27(26(31)22-16-32-25-7-3-2-6-21(22)25)12-4-5-17-14-24-18(13-23(17)27)15-29-30(24)20-10-8-19(28)9-11-20/h2-3,6-11,13-16,26,31H,4-5,12H2,1H3/t26-,27-/m0/s1. The molecule has 0 aliphatic heterocycles. The summed E-state index contributed by atoms with van der Waals surface area (Å²) in [5.41, 5.74) is 4.96. The van der Waals surface area contributed by atoms with Crippen molar-refractivity contribution in [1.82, 2.24) is 9.78 Å². The summed E-state index contributed by atoms with van der Waals surface area (Å²) in [4.78, 5) is 0. The number of aryl methyl sites for hydroxylation is 1. The van der Waals surface area contributed by atoms with Gasteiger partial charge in [-0.3, -0.25) is 0 Å². The molecule has 5 heteroatoms. The van der Waals surface area contributed by atoms with E-state index in [1.165, 1.54) is 28.0 Å². The van der Waals surface area contributed by atoms with Gasteiger partial charge in [0, 0.05) is 15.5 Å². The Labute approximate surface area is 189 Å². The molecule has 0 fully saturated rings. The lowest BCUT2D eigenvalue weighted by Gasteiger charge is -2.40. The lowest BCUT2D eigenvalue weighted by molar-refractivity contribution is 0.0799. The third-order valence-electron chi connectivity index (χ3n) is 7.03. The predicted molar refractivity (Wildman–Crippen MR) is 128 cm³/mol. The number of fused-ring (bicyclic) bond motifs is 3. The lowest BCUT2D eigenvalue weighted by Crippen LogP contribution is -2.34. The lowest BCUT2D eigenvalue weighted by atomic mass is 9.66. The van der Waals surface area contributed by atoms with Crippen molar-refractivity contribution >= 4 is 32.3 Å². The predicted octanol–water partition coefficient (Wildman–Crippen LogP) is 6.71. The van der Waals surface area contributed by atoms with E-state index in [-0.39, 0.29) is 11.2 Å². The molecule has 0 unspecified atom stereocenters. The van der Waals surface area contributed by atoms with Gasteiger partial charge in [-0.05, 0) is 89.2 Å². The van der Waals surface area contributed by atoms with Crippen molar-refractivity contribution in [2.45, 2.75) is 37.7 Å². The number of nitrogens with zero attached hydrogens (tertiary/aromatic N) is 2. The molecule has 5 aromatic rings. The Hall–Kier alpha value is -3.02. The molecule has 0 saturated carbocycles. The number of halogens is 1. The normalized spacial score (nSPS) is 19.3. The monoisotopic (exact) mass is 442 g/mol. The Morgan fingerprint density at radius 3 is 2.78 bits per heavy atom. The topological polar surface area (TPSA) is 38.1 Å². The van der Waals surface area contributed by atoms with E-state index in [1.54, 1.807) is 23.5 Å². The van der Waals surface area contributed by atoms with Crippen molar-refractivity contribution in [2.24, 2.45) is 0 Å². The first-order chi connectivity index (χ1) is 15.5. The molecule has 1 aliphatic carbocycles. The molecule has 3 aromatic carbocycles. The molecule has 0 amide bonds. The minimum Gasteiger partial charge on any atom is -0.387 e. The largest absolute Gasteiger partial charge is 0.387 e. The van der Waals surface area contributed by atoms with Gasteiger partial charge in [0.05, 0.1) is 23.5 Å². The zero-order valence-electron chi connectivity index (χ0n) is 17.8. The maximum atomic E-state index is 13.4. The van der Waals surface area contributed by atoms with Crippen LogP contribution in [0.15, 0.2) is 72.2 Å². The molecule has 2 heterocycles. The number of rotatable bonds is 3. The molecule has 0 bridgehead atoms. The Morgan fingerprint density at radius 1 is 1.12 bits per heavy atom. The summed E-state index contributed by atoms with van der Waals surface area (Å²) in [6.07, 6.45) is 4.22. The van der Waals surface area contributed by atoms with E-state index >= 15 is 0 Å². The highest BCUT2D eigenvalue weighted by atomic mass is 32.1. The third-order valence-corrected chi connectivity index (χ3v) is 8.01. The molecule has 0 radical (unpaired) electrons. The first-order valence-corrected chi connectivity index (χ1v) is 11.8. The number of benzene rings is 3. The second-order valence-corrected chi connectivity index (χ2v) is 9.87. The van der Waals surface area contributed by atoms with Crippen LogP contribution >= 0.6 is 11.3 Å². The maximum absolute atomic E-state index is 13.4. The summed E-state index contributed by atoms with van der Waals surface area (Å²) in [6, 6.07) is 19.1. The van der Waals surface area contributed by atoms with Crippen molar-refractivity contribution in [3.63, 3.8) is 0 Å². The quantitative estimate of drug-likeness (QED) is 0.337. The van der Waals surface area contributed by atoms with Crippen LogP contribution < -0.4 is 0 Å². The minimum absolute atomic E-state index is 0.256.